The van der Waals surface area contributed by atoms with Gasteiger partial charge < -0.3 is 25.7 Å². The molecule has 1 aliphatic heterocycles. The van der Waals surface area contributed by atoms with Crippen molar-refractivity contribution in [3.63, 3.8) is 0 Å². The summed E-state index contributed by atoms with van der Waals surface area (Å²) in [5, 5.41) is 35.6. The van der Waals surface area contributed by atoms with Gasteiger partial charge in [-0.05, 0) is 38.9 Å². The molecule has 2 rings (SSSR count). The van der Waals surface area contributed by atoms with E-state index in [1.54, 1.807) is 0 Å². The number of benzene rings is 1. The number of amides is 1. The van der Waals surface area contributed by atoms with Crippen LogP contribution in [0.2, 0.25) is 0 Å². The highest BCUT2D eigenvalue weighted by molar-refractivity contribution is 5.83. The maximum absolute atomic E-state index is 12.1. The maximum Gasteiger partial charge on any atom is 0.335 e. The van der Waals surface area contributed by atoms with Crippen LogP contribution >= 0.6 is 0 Å². The van der Waals surface area contributed by atoms with Crippen LogP contribution < -0.4 is 5.32 Å². The van der Waals surface area contributed by atoms with Crippen LogP contribution in [-0.2, 0) is 14.4 Å². The van der Waals surface area contributed by atoms with Gasteiger partial charge in [0, 0.05) is 0 Å². The zero-order valence-electron chi connectivity index (χ0n) is 15.3. The van der Waals surface area contributed by atoms with E-state index in [0.29, 0.717) is 0 Å². The van der Waals surface area contributed by atoms with Gasteiger partial charge >= 0.3 is 11.9 Å². The molecular weight excluding hydrogens is 356 g/mol. The summed E-state index contributed by atoms with van der Waals surface area (Å²) < 4.78 is 0. The van der Waals surface area contributed by atoms with Crippen LogP contribution in [0.4, 0.5) is 0 Å². The molecule has 27 heavy (non-hydrogen) atoms. The number of aliphatic hydroxyl groups excluding tert-OH is 2. The SMILES string of the molecule is C[C@H](NC(=O)[C@@H]1CCCN1C)c1ccccc1.O=C(O)C(O)C(O)C(=O)O. The number of carbonyl (C=O) groups is 3. The lowest BCUT2D eigenvalue weighted by atomic mass is 10.1. The highest BCUT2D eigenvalue weighted by atomic mass is 16.4. The van der Waals surface area contributed by atoms with E-state index in [1.165, 1.54) is 0 Å². The van der Waals surface area contributed by atoms with Crippen molar-refractivity contribution < 1.29 is 34.8 Å². The molecule has 0 aromatic heterocycles. The summed E-state index contributed by atoms with van der Waals surface area (Å²) in [5.41, 5.74) is 1.15. The van der Waals surface area contributed by atoms with Crippen molar-refractivity contribution in [3.05, 3.63) is 35.9 Å². The molecule has 0 bridgehead atoms. The monoisotopic (exact) mass is 382 g/mol. The molecule has 150 valence electrons. The summed E-state index contributed by atoms with van der Waals surface area (Å²) in [7, 11) is 2.02. The first-order valence-corrected chi connectivity index (χ1v) is 8.52. The number of likely N-dealkylation sites (N-methyl/N-ethyl adjacent to an activating group) is 1. The van der Waals surface area contributed by atoms with Crippen molar-refractivity contribution in [1.29, 1.82) is 0 Å². The predicted octanol–water partition coefficient (Wildman–Crippen LogP) is -0.165. The minimum atomic E-state index is -2.27. The Bertz CT molecular complexity index is 620. The van der Waals surface area contributed by atoms with Crippen molar-refractivity contribution in [2.75, 3.05) is 13.6 Å². The van der Waals surface area contributed by atoms with Crippen molar-refractivity contribution >= 4 is 17.8 Å². The molecule has 5 N–H and O–H groups in total. The largest absolute Gasteiger partial charge is 0.479 e. The van der Waals surface area contributed by atoms with Gasteiger partial charge in [0.2, 0.25) is 5.91 Å². The van der Waals surface area contributed by atoms with Gasteiger partial charge in [0.05, 0.1) is 12.1 Å². The van der Waals surface area contributed by atoms with Gasteiger partial charge in [-0.1, -0.05) is 30.3 Å². The Morgan fingerprint density at radius 3 is 2.00 bits per heavy atom. The standard InChI is InChI=1S/C14H20N2O.C4H6O6/c1-11(12-7-4-3-5-8-12)15-14(17)13-9-6-10-16(13)2;5-1(3(7)8)2(6)4(9)10/h3-5,7-8,11,13H,6,9-10H2,1-2H3,(H,15,17);1-2,5-6H,(H,7,8)(H,9,10)/t11-,13-;/m0./s1. The smallest absolute Gasteiger partial charge is 0.335 e. The Balaban J connectivity index is 0.000000314. The van der Waals surface area contributed by atoms with Crippen molar-refractivity contribution in [3.8, 4) is 0 Å². The minimum Gasteiger partial charge on any atom is -0.479 e. The number of aliphatic carboxylic acids is 2. The molecular formula is C18H26N2O7. The van der Waals surface area contributed by atoms with E-state index in [-0.39, 0.29) is 18.0 Å². The predicted molar refractivity (Wildman–Crippen MR) is 95.9 cm³/mol. The summed E-state index contributed by atoms with van der Waals surface area (Å²) in [5.74, 6) is -3.38. The fraction of sp³-hybridized carbons (Fsp3) is 0.500. The number of carboxylic acid groups (broad SMARTS) is 2. The first-order valence-electron chi connectivity index (χ1n) is 8.52. The van der Waals surface area contributed by atoms with Gasteiger partial charge in [-0.15, -0.1) is 0 Å². The van der Waals surface area contributed by atoms with Gasteiger partial charge in [0.15, 0.2) is 12.2 Å². The number of aliphatic hydroxyl groups is 2. The average Bonchev–Trinajstić information content (AvgIpc) is 3.07. The summed E-state index contributed by atoms with van der Waals surface area (Å²) >= 11 is 0. The first kappa shape index (κ1) is 22.6. The first-order chi connectivity index (χ1) is 12.6. The van der Waals surface area contributed by atoms with Crippen molar-refractivity contribution in [2.24, 2.45) is 0 Å². The molecule has 0 saturated carbocycles. The third-order valence-corrected chi connectivity index (χ3v) is 4.29. The molecule has 1 aromatic rings. The molecule has 0 spiro atoms. The molecule has 2 unspecified atom stereocenters. The molecule has 0 radical (unpaired) electrons. The summed E-state index contributed by atoms with van der Waals surface area (Å²) in [6.45, 7) is 3.06. The second kappa shape index (κ2) is 10.6. The molecule has 1 heterocycles. The fourth-order valence-corrected chi connectivity index (χ4v) is 2.65. The van der Waals surface area contributed by atoms with Crippen LogP contribution in [0.25, 0.3) is 0 Å². The van der Waals surface area contributed by atoms with Crippen LogP contribution in [0.1, 0.15) is 31.4 Å². The quantitative estimate of drug-likeness (QED) is 0.456. The summed E-state index contributed by atoms with van der Waals surface area (Å²) in [6, 6.07) is 10.2. The Morgan fingerprint density at radius 2 is 1.59 bits per heavy atom. The second-order valence-electron chi connectivity index (χ2n) is 6.35. The van der Waals surface area contributed by atoms with E-state index in [9.17, 15) is 14.4 Å². The van der Waals surface area contributed by atoms with Crippen LogP contribution in [0.15, 0.2) is 30.3 Å². The average molecular weight is 382 g/mol. The van der Waals surface area contributed by atoms with Crippen LogP contribution in [-0.4, -0.2) is 75.0 Å². The number of carbonyl (C=O) groups excluding carboxylic acids is 1. The molecule has 9 nitrogen and oxygen atoms in total. The zero-order valence-corrected chi connectivity index (χ0v) is 15.3. The summed E-state index contributed by atoms with van der Waals surface area (Å²) in [6.07, 6.45) is -2.44. The van der Waals surface area contributed by atoms with E-state index in [1.807, 2.05) is 44.3 Å². The number of hydrogen-bond acceptors (Lipinski definition) is 6. The van der Waals surface area contributed by atoms with Crippen LogP contribution in [0.3, 0.4) is 0 Å². The maximum atomic E-state index is 12.1. The fourth-order valence-electron chi connectivity index (χ4n) is 2.65. The molecule has 1 fully saturated rings. The lowest BCUT2D eigenvalue weighted by molar-refractivity contribution is -0.165. The molecule has 0 aliphatic carbocycles. The number of carboxylic acids is 2. The Morgan fingerprint density at radius 1 is 1.07 bits per heavy atom. The van der Waals surface area contributed by atoms with Gasteiger partial charge in [0.25, 0.3) is 0 Å². The highest BCUT2D eigenvalue weighted by Crippen LogP contribution is 2.17. The Hall–Kier alpha value is -2.49. The third kappa shape index (κ3) is 6.97. The van der Waals surface area contributed by atoms with Gasteiger partial charge in [0.1, 0.15) is 0 Å². The molecule has 4 atom stereocenters. The number of nitrogens with zero attached hydrogens (tertiary/aromatic N) is 1. The lowest BCUT2D eigenvalue weighted by Gasteiger charge is -2.22. The van der Waals surface area contributed by atoms with E-state index in [0.717, 1.165) is 24.9 Å². The second-order valence-corrected chi connectivity index (χ2v) is 6.35. The molecule has 1 aliphatic rings. The number of nitrogens with one attached hydrogen (secondary N) is 1. The Kier molecular flexibility index (Phi) is 8.86. The van der Waals surface area contributed by atoms with Crippen molar-refractivity contribution in [1.82, 2.24) is 10.2 Å². The zero-order chi connectivity index (χ0) is 20.6. The number of likely N-dealkylation sites (tertiary alicyclic amines) is 1. The van der Waals surface area contributed by atoms with E-state index < -0.39 is 24.1 Å². The van der Waals surface area contributed by atoms with Gasteiger partial charge in [-0.3, -0.25) is 9.69 Å². The number of hydrogen-bond donors (Lipinski definition) is 5. The normalized spacial score (nSPS) is 19.9. The highest BCUT2D eigenvalue weighted by Gasteiger charge is 2.29. The third-order valence-electron chi connectivity index (χ3n) is 4.29. The molecule has 1 aromatic carbocycles. The topological polar surface area (TPSA) is 147 Å². The van der Waals surface area contributed by atoms with E-state index >= 15 is 0 Å². The minimum absolute atomic E-state index is 0.0566. The Labute approximate surface area is 157 Å². The molecule has 1 saturated heterocycles. The number of rotatable bonds is 6. The van der Waals surface area contributed by atoms with E-state index in [4.69, 9.17) is 20.4 Å². The van der Waals surface area contributed by atoms with Crippen LogP contribution in [0.5, 0.6) is 0 Å². The molecule has 9 heteroatoms. The van der Waals surface area contributed by atoms with Crippen LogP contribution in [0, 0.1) is 0 Å². The van der Waals surface area contributed by atoms with E-state index in [2.05, 4.69) is 10.2 Å². The van der Waals surface area contributed by atoms with Gasteiger partial charge in [-0.25, -0.2) is 9.59 Å². The molecule has 1 amide bonds. The summed E-state index contributed by atoms with van der Waals surface area (Å²) in [4.78, 5) is 33.8. The van der Waals surface area contributed by atoms with Gasteiger partial charge in [-0.2, -0.15) is 0 Å². The van der Waals surface area contributed by atoms with Crippen molar-refractivity contribution in [2.45, 2.75) is 44.1 Å². The lowest BCUT2D eigenvalue weighted by Crippen LogP contribution is -2.42.